The molecule has 0 aliphatic rings. The standard InChI is InChI=1S/C11H18N2/c1-10-4-3-5-11(8-10)9-13-7-6-12-2/h3-5,8,12-13H,6-7,9H2,1-2H3. The summed E-state index contributed by atoms with van der Waals surface area (Å²) in [5.41, 5.74) is 2.68. The lowest BCUT2D eigenvalue weighted by Gasteiger charge is -2.04. The molecular formula is C11H18N2. The predicted octanol–water partition coefficient (Wildman–Crippen LogP) is 1.30. The van der Waals surface area contributed by atoms with Gasteiger partial charge in [0, 0.05) is 19.6 Å². The van der Waals surface area contributed by atoms with Crippen LogP contribution in [-0.4, -0.2) is 20.1 Å². The maximum absolute atomic E-state index is 3.37. The van der Waals surface area contributed by atoms with E-state index in [0.29, 0.717) is 0 Å². The number of hydrogen-bond acceptors (Lipinski definition) is 2. The molecule has 1 rings (SSSR count). The second kappa shape index (κ2) is 5.73. The van der Waals surface area contributed by atoms with E-state index in [9.17, 15) is 0 Å². The van der Waals surface area contributed by atoms with E-state index in [4.69, 9.17) is 0 Å². The molecule has 0 fully saturated rings. The van der Waals surface area contributed by atoms with Gasteiger partial charge in [-0.15, -0.1) is 0 Å². The molecule has 0 saturated heterocycles. The first kappa shape index (κ1) is 10.2. The second-order valence-electron chi connectivity index (χ2n) is 3.27. The van der Waals surface area contributed by atoms with Crippen molar-refractivity contribution in [2.45, 2.75) is 13.5 Å². The van der Waals surface area contributed by atoms with Gasteiger partial charge < -0.3 is 10.6 Å². The molecule has 2 nitrogen and oxygen atoms in total. The van der Waals surface area contributed by atoms with Gasteiger partial charge in [0.2, 0.25) is 0 Å². The van der Waals surface area contributed by atoms with Crippen LogP contribution < -0.4 is 10.6 Å². The summed E-state index contributed by atoms with van der Waals surface area (Å²) in [4.78, 5) is 0. The fourth-order valence-corrected chi connectivity index (χ4v) is 1.27. The maximum Gasteiger partial charge on any atom is 0.0206 e. The van der Waals surface area contributed by atoms with Gasteiger partial charge in [0.05, 0.1) is 0 Å². The van der Waals surface area contributed by atoms with E-state index >= 15 is 0 Å². The molecular weight excluding hydrogens is 160 g/mol. The van der Waals surface area contributed by atoms with Gasteiger partial charge in [0.15, 0.2) is 0 Å². The van der Waals surface area contributed by atoms with Crippen LogP contribution in [0.25, 0.3) is 0 Å². The summed E-state index contributed by atoms with van der Waals surface area (Å²) in [6.07, 6.45) is 0. The molecule has 2 N–H and O–H groups in total. The Hall–Kier alpha value is -0.860. The smallest absolute Gasteiger partial charge is 0.0206 e. The molecule has 0 bridgehead atoms. The first-order chi connectivity index (χ1) is 6.33. The van der Waals surface area contributed by atoms with Crippen molar-refractivity contribution in [3.05, 3.63) is 35.4 Å². The zero-order chi connectivity index (χ0) is 9.52. The van der Waals surface area contributed by atoms with Crippen molar-refractivity contribution in [3.63, 3.8) is 0 Å². The summed E-state index contributed by atoms with van der Waals surface area (Å²) < 4.78 is 0. The molecule has 0 heterocycles. The van der Waals surface area contributed by atoms with Crippen molar-refractivity contribution in [2.24, 2.45) is 0 Å². The van der Waals surface area contributed by atoms with Crippen molar-refractivity contribution < 1.29 is 0 Å². The monoisotopic (exact) mass is 178 g/mol. The highest BCUT2D eigenvalue weighted by Crippen LogP contribution is 2.02. The van der Waals surface area contributed by atoms with Gasteiger partial charge >= 0.3 is 0 Å². The van der Waals surface area contributed by atoms with Crippen LogP contribution in [0.1, 0.15) is 11.1 Å². The van der Waals surface area contributed by atoms with Crippen LogP contribution >= 0.6 is 0 Å². The zero-order valence-electron chi connectivity index (χ0n) is 8.43. The number of rotatable bonds is 5. The Morgan fingerprint density at radius 2 is 2.08 bits per heavy atom. The van der Waals surface area contributed by atoms with E-state index in [-0.39, 0.29) is 0 Å². The van der Waals surface area contributed by atoms with Crippen LogP contribution in [0.3, 0.4) is 0 Å². The third kappa shape index (κ3) is 4.06. The summed E-state index contributed by atoms with van der Waals surface area (Å²) in [5.74, 6) is 0. The van der Waals surface area contributed by atoms with Crippen LogP contribution in [-0.2, 0) is 6.54 Å². The van der Waals surface area contributed by atoms with Crippen LogP contribution in [0.15, 0.2) is 24.3 Å². The lowest BCUT2D eigenvalue weighted by Crippen LogP contribution is -2.24. The Labute approximate surface area is 80.4 Å². The Kier molecular flexibility index (Phi) is 4.50. The lowest BCUT2D eigenvalue weighted by atomic mass is 10.1. The van der Waals surface area contributed by atoms with Gasteiger partial charge in [0.1, 0.15) is 0 Å². The van der Waals surface area contributed by atoms with Crippen molar-refractivity contribution >= 4 is 0 Å². The molecule has 0 atom stereocenters. The lowest BCUT2D eigenvalue weighted by molar-refractivity contribution is 0.650. The Bertz CT molecular complexity index is 246. The Balaban J connectivity index is 2.28. The predicted molar refractivity (Wildman–Crippen MR) is 56.8 cm³/mol. The summed E-state index contributed by atoms with van der Waals surface area (Å²) in [6, 6.07) is 8.59. The molecule has 0 spiro atoms. The summed E-state index contributed by atoms with van der Waals surface area (Å²) in [6.45, 7) is 5.12. The van der Waals surface area contributed by atoms with Crippen LogP contribution in [0, 0.1) is 6.92 Å². The molecule has 1 aromatic rings. The normalized spacial score (nSPS) is 10.3. The van der Waals surface area contributed by atoms with Gasteiger partial charge in [-0.3, -0.25) is 0 Å². The molecule has 2 heteroatoms. The van der Waals surface area contributed by atoms with Crippen molar-refractivity contribution in [3.8, 4) is 0 Å². The van der Waals surface area contributed by atoms with Crippen LogP contribution in [0.2, 0.25) is 0 Å². The average Bonchev–Trinajstić information content (AvgIpc) is 2.13. The number of nitrogens with one attached hydrogen (secondary N) is 2. The highest BCUT2D eigenvalue weighted by atomic mass is 14.9. The quantitative estimate of drug-likeness (QED) is 0.664. The van der Waals surface area contributed by atoms with E-state index in [1.54, 1.807) is 0 Å². The van der Waals surface area contributed by atoms with Gasteiger partial charge in [0.25, 0.3) is 0 Å². The minimum atomic E-state index is 0.962. The second-order valence-corrected chi connectivity index (χ2v) is 3.27. The summed E-state index contributed by atoms with van der Waals surface area (Å²) >= 11 is 0. The zero-order valence-corrected chi connectivity index (χ0v) is 8.43. The highest BCUT2D eigenvalue weighted by molar-refractivity contribution is 5.21. The van der Waals surface area contributed by atoms with Crippen molar-refractivity contribution in [2.75, 3.05) is 20.1 Å². The minimum absolute atomic E-state index is 0.962. The Morgan fingerprint density at radius 1 is 1.23 bits per heavy atom. The van der Waals surface area contributed by atoms with Crippen molar-refractivity contribution in [1.29, 1.82) is 0 Å². The topological polar surface area (TPSA) is 24.1 Å². The Morgan fingerprint density at radius 3 is 2.77 bits per heavy atom. The third-order valence-corrected chi connectivity index (χ3v) is 1.96. The van der Waals surface area contributed by atoms with Gasteiger partial charge in [-0.2, -0.15) is 0 Å². The molecule has 0 unspecified atom stereocenters. The van der Waals surface area contributed by atoms with Gasteiger partial charge in [-0.1, -0.05) is 29.8 Å². The number of benzene rings is 1. The molecule has 72 valence electrons. The molecule has 0 radical (unpaired) electrons. The molecule has 0 amide bonds. The molecule has 0 saturated carbocycles. The molecule has 1 aromatic carbocycles. The summed E-state index contributed by atoms with van der Waals surface area (Å²) in [5, 5.41) is 6.47. The fraction of sp³-hybridized carbons (Fsp3) is 0.455. The molecule has 0 aliphatic heterocycles. The maximum atomic E-state index is 3.37. The minimum Gasteiger partial charge on any atom is -0.318 e. The summed E-state index contributed by atoms with van der Waals surface area (Å²) in [7, 11) is 1.97. The molecule has 0 aliphatic carbocycles. The molecule has 13 heavy (non-hydrogen) atoms. The fourth-order valence-electron chi connectivity index (χ4n) is 1.27. The largest absolute Gasteiger partial charge is 0.318 e. The van der Waals surface area contributed by atoms with E-state index in [0.717, 1.165) is 19.6 Å². The highest BCUT2D eigenvalue weighted by Gasteiger charge is 1.91. The van der Waals surface area contributed by atoms with Crippen LogP contribution in [0.4, 0.5) is 0 Å². The first-order valence-corrected chi connectivity index (χ1v) is 4.74. The SMILES string of the molecule is CNCCNCc1cccc(C)c1. The number of likely N-dealkylation sites (N-methyl/N-ethyl adjacent to an activating group) is 1. The van der Waals surface area contributed by atoms with Crippen molar-refractivity contribution in [1.82, 2.24) is 10.6 Å². The molecule has 0 aromatic heterocycles. The van der Waals surface area contributed by atoms with Gasteiger partial charge in [-0.25, -0.2) is 0 Å². The third-order valence-electron chi connectivity index (χ3n) is 1.96. The van der Waals surface area contributed by atoms with E-state index in [2.05, 4.69) is 41.8 Å². The van der Waals surface area contributed by atoms with E-state index < -0.39 is 0 Å². The van der Waals surface area contributed by atoms with E-state index in [1.165, 1.54) is 11.1 Å². The average molecular weight is 178 g/mol. The number of aryl methyl sites for hydroxylation is 1. The van der Waals surface area contributed by atoms with E-state index in [1.807, 2.05) is 7.05 Å². The van der Waals surface area contributed by atoms with Gasteiger partial charge in [-0.05, 0) is 19.5 Å². The first-order valence-electron chi connectivity index (χ1n) is 4.74. The number of hydrogen-bond donors (Lipinski definition) is 2. The van der Waals surface area contributed by atoms with Crippen LogP contribution in [0.5, 0.6) is 0 Å².